The van der Waals surface area contributed by atoms with Gasteiger partial charge in [0.15, 0.2) is 5.96 Å². The van der Waals surface area contributed by atoms with Gasteiger partial charge in [-0.3, -0.25) is 9.98 Å². The molecule has 1 atom stereocenters. The third-order valence-electron chi connectivity index (χ3n) is 5.90. The molecule has 1 unspecified atom stereocenters. The van der Waals surface area contributed by atoms with Crippen molar-refractivity contribution in [3.8, 4) is 0 Å². The molecule has 2 aromatic rings. The van der Waals surface area contributed by atoms with Crippen LogP contribution in [0.5, 0.6) is 0 Å². The molecule has 2 aliphatic heterocycles. The van der Waals surface area contributed by atoms with E-state index in [0.717, 1.165) is 63.6 Å². The summed E-state index contributed by atoms with van der Waals surface area (Å²) in [6.45, 7) is 4.27. The molecular formula is C23H33IN4O2. The van der Waals surface area contributed by atoms with Gasteiger partial charge in [-0.15, -0.1) is 24.0 Å². The minimum absolute atomic E-state index is 0. The third kappa shape index (κ3) is 6.04. The maximum Gasteiger partial charge on any atom is 0.193 e. The largest absolute Gasteiger partial charge is 0.376 e. The lowest BCUT2D eigenvalue weighted by Gasteiger charge is -2.35. The van der Waals surface area contributed by atoms with E-state index in [1.54, 1.807) is 0 Å². The van der Waals surface area contributed by atoms with Crippen molar-refractivity contribution in [1.29, 1.82) is 0 Å². The number of aliphatic imine (C=N–C) groups is 1. The summed E-state index contributed by atoms with van der Waals surface area (Å²) in [6.07, 6.45) is 8.13. The van der Waals surface area contributed by atoms with Crippen LogP contribution in [0.15, 0.2) is 41.5 Å². The molecule has 1 aromatic carbocycles. The predicted molar refractivity (Wildman–Crippen MR) is 131 cm³/mol. The second kappa shape index (κ2) is 11.8. The molecule has 4 rings (SSSR count). The first-order valence-electron chi connectivity index (χ1n) is 10.8. The number of aromatic nitrogens is 1. The summed E-state index contributed by atoms with van der Waals surface area (Å²) in [5.41, 5.74) is 2.24. The van der Waals surface area contributed by atoms with Crippen LogP contribution in [0.3, 0.4) is 0 Å². The number of nitrogens with zero attached hydrogens (tertiary/aromatic N) is 3. The van der Waals surface area contributed by atoms with Gasteiger partial charge in [-0.2, -0.15) is 0 Å². The topological polar surface area (TPSA) is 59.0 Å². The van der Waals surface area contributed by atoms with Gasteiger partial charge in [0.2, 0.25) is 0 Å². The fourth-order valence-corrected chi connectivity index (χ4v) is 4.23. The van der Waals surface area contributed by atoms with Gasteiger partial charge in [-0.25, -0.2) is 0 Å². The van der Waals surface area contributed by atoms with E-state index < -0.39 is 0 Å². The van der Waals surface area contributed by atoms with E-state index in [1.165, 1.54) is 23.8 Å². The van der Waals surface area contributed by atoms with Crippen LogP contribution < -0.4 is 5.32 Å². The third-order valence-corrected chi connectivity index (χ3v) is 5.90. The average Bonchev–Trinajstić information content (AvgIpc) is 2.79. The van der Waals surface area contributed by atoms with Crippen LogP contribution in [-0.2, 0) is 16.0 Å². The molecule has 0 saturated carbocycles. The highest BCUT2D eigenvalue weighted by Gasteiger charge is 2.23. The number of para-hydroxylation sites is 1. The lowest BCUT2D eigenvalue weighted by atomic mass is 10.1. The quantitative estimate of drug-likeness (QED) is 0.365. The second-order valence-corrected chi connectivity index (χ2v) is 7.90. The summed E-state index contributed by atoms with van der Waals surface area (Å²) in [5, 5.41) is 4.69. The van der Waals surface area contributed by atoms with E-state index >= 15 is 0 Å². The number of pyridine rings is 1. The van der Waals surface area contributed by atoms with Gasteiger partial charge >= 0.3 is 0 Å². The van der Waals surface area contributed by atoms with E-state index in [-0.39, 0.29) is 24.0 Å². The first kappa shape index (κ1) is 23.2. The highest BCUT2D eigenvalue weighted by Crippen LogP contribution is 2.19. The van der Waals surface area contributed by atoms with Crippen LogP contribution in [0.1, 0.15) is 37.7 Å². The van der Waals surface area contributed by atoms with Crippen molar-refractivity contribution in [2.24, 2.45) is 4.99 Å². The van der Waals surface area contributed by atoms with Gasteiger partial charge in [-0.1, -0.05) is 24.3 Å². The van der Waals surface area contributed by atoms with Crippen molar-refractivity contribution in [2.45, 2.75) is 50.9 Å². The van der Waals surface area contributed by atoms with Crippen molar-refractivity contribution >= 4 is 40.8 Å². The van der Waals surface area contributed by atoms with Gasteiger partial charge in [0, 0.05) is 44.9 Å². The van der Waals surface area contributed by atoms with Crippen LogP contribution in [0.4, 0.5) is 0 Å². The maximum absolute atomic E-state index is 6.14. The van der Waals surface area contributed by atoms with E-state index in [4.69, 9.17) is 9.47 Å². The first-order chi connectivity index (χ1) is 14.3. The van der Waals surface area contributed by atoms with Crippen LogP contribution in [-0.4, -0.2) is 61.4 Å². The Bertz CT molecular complexity index is 812. The molecule has 0 amide bonds. The molecule has 2 saturated heterocycles. The van der Waals surface area contributed by atoms with Crippen LogP contribution >= 0.6 is 24.0 Å². The molecule has 3 heterocycles. The number of guanidine groups is 1. The van der Waals surface area contributed by atoms with E-state index in [0.29, 0.717) is 12.2 Å². The van der Waals surface area contributed by atoms with Gasteiger partial charge in [-0.05, 0) is 43.7 Å². The fraction of sp³-hybridized carbons (Fsp3) is 0.565. The average molecular weight is 524 g/mol. The van der Waals surface area contributed by atoms with Crippen molar-refractivity contribution in [3.63, 3.8) is 0 Å². The smallest absolute Gasteiger partial charge is 0.193 e. The molecule has 0 spiro atoms. The molecule has 7 heteroatoms. The molecule has 1 aromatic heterocycles. The van der Waals surface area contributed by atoms with Crippen molar-refractivity contribution in [2.75, 3.05) is 33.4 Å². The standard InChI is InChI=1S/C23H32N4O2.HI/c1-24-23(26-16-19-7-4-6-18-8-5-12-25-22(18)19)27-13-10-20(11-14-27)29-17-21-9-2-3-15-28-21;/h4-8,12,20-21H,2-3,9-11,13-17H2,1H3,(H,24,26);1H. The highest BCUT2D eigenvalue weighted by atomic mass is 127. The van der Waals surface area contributed by atoms with E-state index in [2.05, 4.69) is 44.5 Å². The number of rotatable bonds is 5. The van der Waals surface area contributed by atoms with Crippen LogP contribution in [0.2, 0.25) is 0 Å². The number of likely N-dealkylation sites (tertiary alicyclic amines) is 1. The summed E-state index contributed by atoms with van der Waals surface area (Å²) in [5.74, 6) is 0.951. The molecule has 0 bridgehead atoms. The zero-order valence-corrected chi connectivity index (χ0v) is 20.1. The maximum atomic E-state index is 6.14. The normalized spacial score (nSPS) is 20.8. The number of hydrogen-bond acceptors (Lipinski definition) is 4. The van der Waals surface area contributed by atoms with Gasteiger partial charge in [0.25, 0.3) is 0 Å². The Morgan fingerprint density at radius 3 is 2.80 bits per heavy atom. The molecule has 0 radical (unpaired) electrons. The lowest BCUT2D eigenvalue weighted by molar-refractivity contribution is -0.0721. The van der Waals surface area contributed by atoms with Crippen LogP contribution in [0.25, 0.3) is 10.9 Å². The summed E-state index contributed by atoms with van der Waals surface area (Å²) in [6, 6.07) is 10.4. The zero-order chi connectivity index (χ0) is 19.9. The molecule has 0 aliphatic carbocycles. The summed E-state index contributed by atoms with van der Waals surface area (Å²) in [7, 11) is 1.85. The Labute approximate surface area is 196 Å². The Hall–Kier alpha value is -1.45. The molecule has 6 nitrogen and oxygen atoms in total. The van der Waals surface area contributed by atoms with Crippen molar-refractivity contribution in [3.05, 3.63) is 42.1 Å². The zero-order valence-electron chi connectivity index (χ0n) is 17.8. The monoisotopic (exact) mass is 524 g/mol. The number of hydrogen-bond donors (Lipinski definition) is 1. The second-order valence-electron chi connectivity index (χ2n) is 7.90. The van der Waals surface area contributed by atoms with Gasteiger partial charge in [0.1, 0.15) is 0 Å². The van der Waals surface area contributed by atoms with Gasteiger partial charge in [0.05, 0.1) is 24.3 Å². The van der Waals surface area contributed by atoms with Crippen LogP contribution in [0, 0.1) is 0 Å². The number of nitrogens with one attached hydrogen (secondary N) is 1. The first-order valence-corrected chi connectivity index (χ1v) is 10.8. The minimum Gasteiger partial charge on any atom is -0.376 e. The van der Waals surface area contributed by atoms with E-state index in [1.807, 2.05) is 19.3 Å². The van der Waals surface area contributed by atoms with Crippen molar-refractivity contribution < 1.29 is 9.47 Å². The number of ether oxygens (including phenoxy) is 2. The van der Waals surface area contributed by atoms with Gasteiger partial charge < -0.3 is 19.7 Å². The van der Waals surface area contributed by atoms with E-state index in [9.17, 15) is 0 Å². The Balaban J connectivity index is 0.00000256. The van der Waals surface area contributed by atoms with Crippen molar-refractivity contribution in [1.82, 2.24) is 15.2 Å². The SMILES string of the molecule is CN=C(NCc1cccc2cccnc12)N1CCC(OCC2CCCCO2)CC1.I. The summed E-state index contributed by atoms with van der Waals surface area (Å²) in [4.78, 5) is 11.4. The molecule has 1 N–H and O–H groups in total. The molecule has 2 fully saturated rings. The summed E-state index contributed by atoms with van der Waals surface area (Å²) < 4.78 is 11.9. The Morgan fingerprint density at radius 2 is 2.03 bits per heavy atom. The Morgan fingerprint density at radius 1 is 1.20 bits per heavy atom. The molecule has 30 heavy (non-hydrogen) atoms. The fourth-order valence-electron chi connectivity index (χ4n) is 4.23. The molecular weight excluding hydrogens is 491 g/mol. The Kier molecular flexibility index (Phi) is 9.14. The summed E-state index contributed by atoms with van der Waals surface area (Å²) >= 11 is 0. The number of fused-ring (bicyclic) bond motifs is 1. The number of benzene rings is 1. The lowest BCUT2D eigenvalue weighted by Crippen LogP contribution is -2.47. The number of piperidine rings is 1. The highest BCUT2D eigenvalue weighted by molar-refractivity contribution is 14.0. The number of halogens is 1. The molecule has 2 aliphatic rings. The molecule has 164 valence electrons. The predicted octanol–water partition coefficient (Wildman–Crippen LogP) is 3.98. The minimum atomic E-state index is 0.